The van der Waals surface area contributed by atoms with Crippen LogP contribution in [0.4, 0.5) is 0 Å². The first kappa shape index (κ1) is 16.0. The van der Waals surface area contributed by atoms with E-state index in [0.29, 0.717) is 18.6 Å². The molecule has 0 aliphatic heterocycles. The van der Waals surface area contributed by atoms with Crippen LogP contribution in [0.15, 0.2) is 0 Å². The second kappa shape index (κ2) is 8.22. The Labute approximate surface area is 118 Å². The average molecular weight is 264 g/mol. The predicted octanol–water partition coefficient (Wildman–Crippen LogP) is 2.42. The van der Waals surface area contributed by atoms with Crippen LogP contribution in [0.3, 0.4) is 0 Å². The monoisotopic (exact) mass is 264 g/mol. The van der Waals surface area contributed by atoms with Gasteiger partial charge in [-0.05, 0) is 40.5 Å². The third-order valence-corrected chi connectivity index (χ3v) is 3.79. The van der Waals surface area contributed by atoms with Crippen molar-refractivity contribution in [3.05, 3.63) is 0 Å². The van der Waals surface area contributed by atoms with Crippen LogP contribution in [0.25, 0.3) is 0 Å². The molecule has 0 saturated heterocycles. The minimum absolute atomic E-state index is 0.191. The van der Waals surface area contributed by atoms with Gasteiger partial charge in [-0.15, -0.1) is 0 Å². The summed E-state index contributed by atoms with van der Waals surface area (Å²) in [4.78, 5) is 14.1. The molecule has 0 aromatic heterocycles. The quantitative estimate of drug-likeness (QED) is 0.773. The Kier molecular flexibility index (Phi) is 6.94. The zero-order valence-electron chi connectivity index (χ0n) is 12.8. The van der Waals surface area contributed by atoms with Crippen LogP contribution in [0.5, 0.6) is 0 Å². The predicted molar refractivity (Wildman–Crippen MR) is 79.7 cm³/mol. The summed E-state index contributed by atoms with van der Waals surface area (Å²) in [6, 6.07) is 1.00. The van der Waals surface area contributed by atoms with E-state index in [1.807, 2.05) is 0 Å². The molecule has 1 fully saturated rings. The molecule has 1 N–H and O–H groups in total. The maximum atomic E-state index is 11.8. The molecule has 3 nitrogen and oxygen atoms in total. The van der Waals surface area contributed by atoms with E-state index in [0.717, 1.165) is 19.4 Å². The molecule has 0 heterocycles. The zero-order valence-corrected chi connectivity index (χ0v) is 12.8. The van der Waals surface area contributed by atoms with Gasteiger partial charge in [0.2, 0.25) is 5.91 Å². The van der Waals surface area contributed by atoms with Crippen LogP contribution in [0, 0.1) is 17.8 Å². The molecule has 0 atom stereocenters. The molecule has 0 radical (unpaired) electrons. The van der Waals surface area contributed by atoms with Crippen LogP contribution in [-0.4, -0.2) is 36.0 Å². The Balaban J connectivity index is 2.25. The summed E-state index contributed by atoms with van der Waals surface area (Å²) in [5.74, 6) is 6.64. The first-order valence-corrected chi connectivity index (χ1v) is 7.51. The number of rotatable bonds is 5. The number of nitrogens with one attached hydrogen (secondary N) is 1. The van der Waals surface area contributed by atoms with Crippen LogP contribution in [0.2, 0.25) is 0 Å². The van der Waals surface area contributed by atoms with E-state index in [9.17, 15) is 4.79 Å². The Bertz CT molecular complexity index is 324. The fourth-order valence-electron chi connectivity index (χ4n) is 2.63. The third kappa shape index (κ3) is 5.65. The topological polar surface area (TPSA) is 32.3 Å². The van der Waals surface area contributed by atoms with E-state index in [2.05, 4.69) is 49.8 Å². The van der Waals surface area contributed by atoms with Crippen molar-refractivity contribution in [2.45, 2.75) is 65.5 Å². The highest BCUT2D eigenvalue weighted by atomic mass is 16.1. The molecule has 0 aromatic carbocycles. The molecular formula is C16H28N2O. The van der Waals surface area contributed by atoms with Gasteiger partial charge in [0.05, 0.1) is 13.1 Å². The summed E-state index contributed by atoms with van der Waals surface area (Å²) in [5.41, 5.74) is 0. The molecule has 19 heavy (non-hydrogen) atoms. The normalized spacial score (nSPS) is 15.9. The van der Waals surface area contributed by atoms with Gasteiger partial charge in [0.15, 0.2) is 0 Å². The van der Waals surface area contributed by atoms with Crippen LogP contribution in [-0.2, 0) is 4.79 Å². The minimum Gasteiger partial charge on any atom is -0.345 e. The number of nitrogens with zero attached hydrogens (tertiary/aromatic N) is 1. The molecule has 0 unspecified atom stereocenters. The summed E-state index contributed by atoms with van der Waals surface area (Å²) in [7, 11) is 0. The Morgan fingerprint density at radius 2 is 1.74 bits per heavy atom. The van der Waals surface area contributed by atoms with Gasteiger partial charge < -0.3 is 5.32 Å². The summed E-state index contributed by atoms with van der Waals surface area (Å²) in [6.45, 7) is 9.99. The van der Waals surface area contributed by atoms with Crippen molar-refractivity contribution < 1.29 is 4.79 Å². The third-order valence-electron chi connectivity index (χ3n) is 3.79. The fraction of sp³-hybridized carbons (Fsp3) is 0.812. The van der Waals surface area contributed by atoms with Crippen LogP contribution < -0.4 is 5.32 Å². The van der Waals surface area contributed by atoms with Crippen molar-refractivity contribution in [1.29, 1.82) is 0 Å². The van der Waals surface area contributed by atoms with E-state index in [1.54, 1.807) is 0 Å². The maximum Gasteiger partial charge on any atom is 0.223 e. The lowest BCUT2D eigenvalue weighted by Gasteiger charge is -2.28. The van der Waals surface area contributed by atoms with Crippen molar-refractivity contribution in [1.82, 2.24) is 10.2 Å². The van der Waals surface area contributed by atoms with Crippen molar-refractivity contribution in [3.63, 3.8) is 0 Å². The van der Waals surface area contributed by atoms with Gasteiger partial charge in [0.1, 0.15) is 0 Å². The van der Waals surface area contributed by atoms with Crippen molar-refractivity contribution >= 4 is 5.91 Å². The van der Waals surface area contributed by atoms with Crippen molar-refractivity contribution in [2.75, 3.05) is 13.1 Å². The number of carbonyl (C=O) groups is 1. The highest BCUT2D eigenvalue weighted by Crippen LogP contribution is 2.24. The molecule has 1 aliphatic rings. The number of carbonyl (C=O) groups excluding carboxylic acids is 1. The molecule has 0 bridgehead atoms. The fourth-order valence-corrected chi connectivity index (χ4v) is 2.63. The summed E-state index contributed by atoms with van der Waals surface area (Å²) >= 11 is 0. The highest BCUT2D eigenvalue weighted by molar-refractivity contribution is 5.79. The lowest BCUT2D eigenvalue weighted by molar-refractivity contribution is -0.124. The van der Waals surface area contributed by atoms with E-state index in [-0.39, 0.29) is 11.8 Å². The lowest BCUT2D eigenvalue weighted by Crippen LogP contribution is -2.37. The number of hydrogen-bond donors (Lipinski definition) is 1. The summed E-state index contributed by atoms with van der Waals surface area (Å²) < 4.78 is 0. The molecule has 1 amide bonds. The molecule has 1 saturated carbocycles. The molecule has 1 aliphatic carbocycles. The van der Waals surface area contributed by atoms with Crippen molar-refractivity contribution in [3.8, 4) is 11.8 Å². The number of amides is 1. The standard InChI is InChI=1S/C16H28N2O/c1-13(2)18(14(3)4)12-8-7-11-17-16(19)15-9-5-6-10-15/h13-15H,5-6,9-12H2,1-4H3,(H,17,19). The minimum atomic E-state index is 0.191. The Hall–Kier alpha value is -1.01. The van der Waals surface area contributed by atoms with Gasteiger partial charge in [-0.3, -0.25) is 9.69 Å². The molecule has 3 heteroatoms. The SMILES string of the molecule is CC(C)N(CC#CCNC(=O)C1CCCC1)C(C)C. The molecule has 0 aromatic rings. The van der Waals surface area contributed by atoms with E-state index in [4.69, 9.17) is 0 Å². The van der Waals surface area contributed by atoms with Gasteiger partial charge in [-0.2, -0.15) is 0 Å². The van der Waals surface area contributed by atoms with E-state index < -0.39 is 0 Å². The Morgan fingerprint density at radius 1 is 1.16 bits per heavy atom. The molecular weight excluding hydrogens is 236 g/mol. The smallest absolute Gasteiger partial charge is 0.223 e. The first-order valence-electron chi connectivity index (χ1n) is 7.51. The van der Waals surface area contributed by atoms with Gasteiger partial charge in [-0.25, -0.2) is 0 Å². The van der Waals surface area contributed by atoms with Crippen LogP contribution >= 0.6 is 0 Å². The first-order chi connectivity index (χ1) is 9.02. The molecule has 1 rings (SSSR count). The molecule has 0 spiro atoms. The second-order valence-electron chi connectivity index (χ2n) is 5.91. The maximum absolute atomic E-state index is 11.8. The van der Waals surface area contributed by atoms with Crippen LogP contribution in [0.1, 0.15) is 53.4 Å². The largest absolute Gasteiger partial charge is 0.345 e. The summed E-state index contributed by atoms with van der Waals surface area (Å²) in [5, 5.41) is 2.93. The van der Waals surface area contributed by atoms with Gasteiger partial charge in [-0.1, -0.05) is 24.7 Å². The second-order valence-corrected chi connectivity index (χ2v) is 5.91. The average Bonchev–Trinajstić information content (AvgIpc) is 2.85. The highest BCUT2D eigenvalue weighted by Gasteiger charge is 2.21. The van der Waals surface area contributed by atoms with Gasteiger partial charge >= 0.3 is 0 Å². The van der Waals surface area contributed by atoms with Gasteiger partial charge in [0, 0.05) is 18.0 Å². The zero-order chi connectivity index (χ0) is 14.3. The summed E-state index contributed by atoms with van der Waals surface area (Å²) in [6.07, 6.45) is 4.49. The van der Waals surface area contributed by atoms with E-state index >= 15 is 0 Å². The van der Waals surface area contributed by atoms with Gasteiger partial charge in [0.25, 0.3) is 0 Å². The number of hydrogen-bond acceptors (Lipinski definition) is 2. The Morgan fingerprint density at radius 3 is 2.26 bits per heavy atom. The lowest BCUT2D eigenvalue weighted by atomic mass is 10.1. The van der Waals surface area contributed by atoms with Crippen molar-refractivity contribution in [2.24, 2.45) is 5.92 Å². The molecule has 108 valence electrons. The van der Waals surface area contributed by atoms with E-state index in [1.165, 1.54) is 12.8 Å².